The van der Waals surface area contributed by atoms with E-state index in [2.05, 4.69) is 70.4 Å². The van der Waals surface area contributed by atoms with E-state index in [1.807, 2.05) is 0 Å². The minimum absolute atomic E-state index is 0.0235. The first-order chi connectivity index (χ1) is 11.1. The summed E-state index contributed by atoms with van der Waals surface area (Å²) >= 11 is 0. The molecule has 2 unspecified atom stereocenters. The van der Waals surface area contributed by atoms with Gasteiger partial charge in [0.2, 0.25) is 0 Å². The number of hydrogen-bond donors (Lipinski definition) is 1. The summed E-state index contributed by atoms with van der Waals surface area (Å²) in [5, 5.41) is 11.5. The highest BCUT2D eigenvalue weighted by molar-refractivity contribution is 5.82. The molecule has 0 aliphatic carbocycles. The van der Waals surface area contributed by atoms with Crippen molar-refractivity contribution in [3.8, 4) is 0 Å². The summed E-state index contributed by atoms with van der Waals surface area (Å²) < 4.78 is 7.36. The van der Waals surface area contributed by atoms with Gasteiger partial charge in [0.15, 0.2) is 0 Å². The zero-order valence-electron chi connectivity index (χ0n) is 16.3. The van der Waals surface area contributed by atoms with Crippen LogP contribution < -0.4 is 0 Å². The van der Waals surface area contributed by atoms with Gasteiger partial charge in [-0.05, 0) is 35.6 Å². The number of aromatic nitrogens is 1. The Morgan fingerprint density at radius 1 is 1.12 bits per heavy atom. The molecule has 1 aromatic heterocycles. The van der Waals surface area contributed by atoms with Crippen molar-refractivity contribution in [2.75, 3.05) is 13.7 Å². The van der Waals surface area contributed by atoms with Crippen LogP contribution in [-0.2, 0) is 16.7 Å². The molecule has 3 nitrogen and oxygen atoms in total. The molecule has 0 aliphatic rings. The quantitative estimate of drug-likeness (QED) is 0.832. The smallest absolute Gasteiger partial charge is 0.0952 e. The van der Waals surface area contributed by atoms with Crippen LogP contribution in [0.4, 0.5) is 0 Å². The number of aliphatic hydroxyl groups is 1. The van der Waals surface area contributed by atoms with Crippen molar-refractivity contribution in [2.24, 2.45) is 5.92 Å². The maximum atomic E-state index is 10.2. The standard InChI is InChI=1S/C21H33NO2/c1-14(2)15(3)16-8-9-19-17(10-16)11-20(21(4,5)6)22(19)12-18(23)13-24-7/h8-11,14-15,18,23H,12-13H2,1-7H3. The van der Waals surface area contributed by atoms with Gasteiger partial charge >= 0.3 is 0 Å². The molecule has 2 aromatic rings. The van der Waals surface area contributed by atoms with Crippen molar-refractivity contribution in [3.05, 3.63) is 35.5 Å². The number of methoxy groups -OCH3 is 1. The normalized spacial score (nSPS) is 15.2. The van der Waals surface area contributed by atoms with E-state index in [0.717, 1.165) is 0 Å². The molecule has 0 radical (unpaired) electrons. The zero-order chi connectivity index (χ0) is 18.1. The van der Waals surface area contributed by atoms with Gasteiger partial charge in [0.05, 0.1) is 19.3 Å². The van der Waals surface area contributed by atoms with Crippen LogP contribution in [0.3, 0.4) is 0 Å². The van der Waals surface area contributed by atoms with Crippen molar-refractivity contribution < 1.29 is 9.84 Å². The van der Waals surface area contributed by atoms with E-state index in [4.69, 9.17) is 4.74 Å². The fourth-order valence-corrected chi connectivity index (χ4v) is 3.23. The van der Waals surface area contributed by atoms with Gasteiger partial charge in [0.1, 0.15) is 0 Å². The largest absolute Gasteiger partial charge is 0.389 e. The molecule has 0 spiro atoms. The predicted octanol–water partition coefficient (Wildman–Crippen LogP) is 4.71. The number of hydrogen-bond acceptors (Lipinski definition) is 2. The van der Waals surface area contributed by atoms with Gasteiger partial charge in [-0.1, -0.05) is 47.6 Å². The van der Waals surface area contributed by atoms with Crippen LogP contribution in [0.1, 0.15) is 58.7 Å². The van der Waals surface area contributed by atoms with Gasteiger partial charge in [-0.2, -0.15) is 0 Å². The van der Waals surface area contributed by atoms with Crippen LogP contribution >= 0.6 is 0 Å². The molecule has 1 N–H and O–H groups in total. The molecule has 3 heteroatoms. The summed E-state index contributed by atoms with van der Waals surface area (Å²) in [5.74, 6) is 1.16. The first-order valence-electron chi connectivity index (χ1n) is 8.95. The Labute approximate surface area is 146 Å². The molecular formula is C21H33NO2. The first kappa shape index (κ1) is 19.0. The van der Waals surface area contributed by atoms with Crippen molar-refractivity contribution in [2.45, 2.75) is 65.5 Å². The first-order valence-corrected chi connectivity index (χ1v) is 8.95. The second-order valence-corrected chi connectivity index (χ2v) is 8.35. The van der Waals surface area contributed by atoms with E-state index < -0.39 is 6.10 Å². The van der Waals surface area contributed by atoms with E-state index in [0.29, 0.717) is 25.0 Å². The van der Waals surface area contributed by atoms with E-state index in [9.17, 15) is 5.11 Å². The monoisotopic (exact) mass is 331 g/mol. The van der Waals surface area contributed by atoms with Gasteiger partial charge < -0.3 is 14.4 Å². The Kier molecular flexibility index (Phi) is 5.77. The minimum Gasteiger partial charge on any atom is -0.389 e. The Balaban J connectivity index is 2.53. The molecule has 0 amide bonds. The molecule has 0 saturated carbocycles. The van der Waals surface area contributed by atoms with E-state index in [1.54, 1.807) is 7.11 Å². The van der Waals surface area contributed by atoms with Gasteiger partial charge in [0, 0.05) is 29.1 Å². The molecule has 2 rings (SSSR count). The number of rotatable bonds is 6. The average Bonchev–Trinajstić information content (AvgIpc) is 2.84. The zero-order valence-corrected chi connectivity index (χ0v) is 16.3. The minimum atomic E-state index is -0.499. The Morgan fingerprint density at radius 2 is 1.79 bits per heavy atom. The highest BCUT2D eigenvalue weighted by Gasteiger charge is 2.23. The predicted molar refractivity (Wildman–Crippen MR) is 102 cm³/mol. The van der Waals surface area contributed by atoms with Crippen molar-refractivity contribution in [1.29, 1.82) is 0 Å². The maximum absolute atomic E-state index is 10.2. The van der Waals surface area contributed by atoms with Crippen LogP contribution in [0.25, 0.3) is 10.9 Å². The Bertz CT molecular complexity index is 679. The summed E-state index contributed by atoms with van der Waals surface area (Å²) in [7, 11) is 1.63. The second kappa shape index (κ2) is 7.28. The fraction of sp³-hybridized carbons (Fsp3) is 0.619. The molecule has 1 aromatic carbocycles. The molecule has 2 atom stereocenters. The van der Waals surface area contributed by atoms with Crippen molar-refractivity contribution in [1.82, 2.24) is 4.57 Å². The highest BCUT2D eigenvalue weighted by atomic mass is 16.5. The molecule has 0 saturated heterocycles. The lowest BCUT2D eigenvalue weighted by atomic mass is 9.89. The highest BCUT2D eigenvalue weighted by Crippen LogP contribution is 2.33. The molecular weight excluding hydrogens is 298 g/mol. The summed E-state index contributed by atoms with van der Waals surface area (Å²) in [4.78, 5) is 0. The van der Waals surface area contributed by atoms with Crippen LogP contribution in [-0.4, -0.2) is 29.5 Å². The molecule has 1 heterocycles. The number of benzene rings is 1. The lowest BCUT2D eigenvalue weighted by Gasteiger charge is -2.23. The average molecular weight is 332 g/mol. The molecule has 24 heavy (non-hydrogen) atoms. The molecule has 0 bridgehead atoms. The van der Waals surface area contributed by atoms with Crippen molar-refractivity contribution in [3.63, 3.8) is 0 Å². The summed E-state index contributed by atoms with van der Waals surface area (Å²) in [6.45, 7) is 14.4. The van der Waals surface area contributed by atoms with Gasteiger partial charge in [-0.25, -0.2) is 0 Å². The van der Waals surface area contributed by atoms with Crippen LogP contribution in [0.2, 0.25) is 0 Å². The van der Waals surface area contributed by atoms with Gasteiger partial charge in [-0.3, -0.25) is 0 Å². The third-order valence-corrected chi connectivity index (χ3v) is 4.97. The SMILES string of the molecule is COCC(O)Cn1c(C(C)(C)C)cc2cc(C(C)C(C)C)ccc21. The van der Waals surface area contributed by atoms with E-state index in [-0.39, 0.29) is 5.41 Å². The summed E-state index contributed by atoms with van der Waals surface area (Å²) in [6.07, 6.45) is -0.499. The van der Waals surface area contributed by atoms with E-state index in [1.165, 1.54) is 22.2 Å². The van der Waals surface area contributed by atoms with Crippen molar-refractivity contribution >= 4 is 10.9 Å². The Morgan fingerprint density at radius 3 is 2.33 bits per heavy atom. The lowest BCUT2D eigenvalue weighted by Crippen LogP contribution is -2.25. The third-order valence-electron chi connectivity index (χ3n) is 4.97. The number of fused-ring (bicyclic) bond motifs is 1. The number of aliphatic hydroxyl groups excluding tert-OH is 1. The summed E-state index contributed by atoms with van der Waals surface area (Å²) in [5.41, 5.74) is 3.85. The Hall–Kier alpha value is -1.32. The number of nitrogens with zero attached hydrogens (tertiary/aromatic N) is 1. The third kappa shape index (κ3) is 4.01. The van der Waals surface area contributed by atoms with Gasteiger partial charge in [-0.15, -0.1) is 0 Å². The van der Waals surface area contributed by atoms with Gasteiger partial charge in [0.25, 0.3) is 0 Å². The maximum Gasteiger partial charge on any atom is 0.0952 e. The second-order valence-electron chi connectivity index (χ2n) is 8.35. The van der Waals surface area contributed by atoms with E-state index >= 15 is 0 Å². The fourth-order valence-electron chi connectivity index (χ4n) is 3.23. The molecule has 0 aliphatic heterocycles. The molecule has 134 valence electrons. The van der Waals surface area contributed by atoms with Crippen LogP contribution in [0, 0.1) is 5.92 Å². The van der Waals surface area contributed by atoms with Crippen LogP contribution in [0.5, 0.6) is 0 Å². The summed E-state index contributed by atoms with van der Waals surface area (Å²) in [6, 6.07) is 9.04. The molecule has 0 fully saturated rings. The van der Waals surface area contributed by atoms with Crippen LogP contribution in [0.15, 0.2) is 24.3 Å². The topological polar surface area (TPSA) is 34.4 Å². The lowest BCUT2D eigenvalue weighted by molar-refractivity contribution is 0.0536. The number of ether oxygens (including phenoxy) is 1.